The molecule has 0 aromatic carbocycles. The van der Waals surface area contributed by atoms with E-state index < -0.39 is 0 Å². The number of nitrogens with zero attached hydrogens (tertiary/aromatic N) is 2. The molecule has 1 heterocycles. The molecular weight excluding hydrogens is 170 g/mol. The molecule has 1 aromatic heterocycles. The summed E-state index contributed by atoms with van der Waals surface area (Å²) in [5, 5.41) is 0. The Kier molecular flexibility index (Phi) is 3.02. The predicted molar refractivity (Wildman–Crippen MR) is 46.8 cm³/mol. The Morgan fingerprint density at radius 1 is 1.85 bits per heavy atom. The number of carbonyl (C=O) groups is 1. The van der Waals surface area contributed by atoms with E-state index in [-0.39, 0.29) is 12.0 Å². The monoisotopic (exact) mass is 183 g/mol. The molecule has 0 fully saturated rings. The molecule has 1 rings (SSSR count). The quantitative estimate of drug-likeness (QED) is 0.673. The van der Waals surface area contributed by atoms with E-state index in [0.717, 1.165) is 5.69 Å². The number of carbonyl (C=O) groups excluding carboxylic acids is 1. The van der Waals surface area contributed by atoms with E-state index in [1.54, 1.807) is 24.0 Å². The van der Waals surface area contributed by atoms with E-state index in [2.05, 4.69) is 9.72 Å². The lowest BCUT2D eigenvalue weighted by Crippen LogP contribution is -2.16. The maximum Gasteiger partial charge on any atom is 0.328 e. The molecule has 0 saturated heterocycles. The van der Waals surface area contributed by atoms with Crippen molar-refractivity contribution in [1.82, 2.24) is 9.55 Å². The zero-order chi connectivity index (χ0) is 9.84. The minimum atomic E-state index is -0.349. The molecule has 0 bridgehead atoms. The van der Waals surface area contributed by atoms with Gasteiger partial charge in [0, 0.05) is 12.7 Å². The number of rotatable bonds is 3. The predicted octanol–water partition coefficient (Wildman–Crippen LogP) is 0.0758. The third-order valence-corrected chi connectivity index (χ3v) is 1.85. The highest BCUT2D eigenvalue weighted by Gasteiger charge is 2.14. The van der Waals surface area contributed by atoms with Gasteiger partial charge in [0.15, 0.2) is 0 Å². The highest BCUT2D eigenvalue weighted by molar-refractivity contribution is 5.73. The summed E-state index contributed by atoms with van der Waals surface area (Å²) in [5.74, 6) is -0.291. The lowest BCUT2D eigenvalue weighted by atomic mass is 10.3. The lowest BCUT2D eigenvalue weighted by molar-refractivity contribution is -0.144. The van der Waals surface area contributed by atoms with Crippen LogP contribution < -0.4 is 5.73 Å². The fourth-order valence-electron chi connectivity index (χ4n) is 0.989. The van der Waals surface area contributed by atoms with Crippen LogP contribution in [0.25, 0.3) is 0 Å². The second-order valence-electron chi connectivity index (χ2n) is 2.72. The molecule has 0 aliphatic rings. The lowest BCUT2D eigenvalue weighted by Gasteiger charge is -2.09. The standard InChI is InChI=1S/C8H13N3O2/c1-6(8(12)13-2)11-4-7(3-9)10-5-11/h4-6H,3,9H2,1-2H3. The van der Waals surface area contributed by atoms with E-state index in [1.807, 2.05) is 0 Å². The van der Waals surface area contributed by atoms with Crippen LogP contribution in [0.15, 0.2) is 12.5 Å². The Morgan fingerprint density at radius 2 is 2.54 bits per heavy atom. The van der Waals surface area contributed by atoms with Crippen LogP contribution in [-0.2, 0) is 16.1 Å². The average molecular weight is 183 g/mol. The third kappa shape index (κ3) is 2.06. The maximum absolute atomic E-state index is 11.1. The molecule has 1 unspecified atom stereocenters. The summed E-state index contributed by atoms with van der Waals surface area (Å²) in [7, 11) is 1.36. The van der Waals surface area contributed by atoms with Gasteiger partial charge in [0.1, 0.15) is 6.04 Å². The molecule has 1 aromatic rings. The zero-order valence-corrected chi connectivity index (χ0v) is 7.73. The molecule has 0 aliphatic carbocycles. The summed E-state index contributed by atoms with van der Waals surface area (Å²) in [6, 6.07) is -0.349. The minimum absolute atomic E-state index is 0.291. The Bertz CT molecular complexity index is 295. The fraction of sp³-hybridized carbons (Fsp3) is 0.500. The van der Waals surface area contributed by atoms with Crippen molar-refractivity contribution in [3.63, 3.8) is 0 Å². The largest absolute Gasteiger partial charge is 0.467 e. The number of imidazole rings is 1. The van der Waals surface area contributed by atoms with Gasteiger partial charge in [-0.3, -0.25) is 0 Å². The van der Waals surface area contributed by atoms with Crippen LogP contribution in [0.4, 0.5) is 0 Å². The van der Waals surface area contributed by atoms with Gasteiger partial charge in [-0.25, -0.2) is 9.78 Å². The van der Waals surface area contributed by atoms with Gasteiger partial charge in [-0.1, -0.05) is 0 Å². The topological polar surface area (TPSA) is 70.1 Å². The highest BCUT2D eigenvalue weighted by Crippen LogP contribution is 2.07. The summed E-state index contributed by atoms with van der Waals surface area (Å²) >= 11 is 0. The number of nitrogens with two attached hydrogens (primary N) is 1. The van der Waals surface area contributed by atoms with Crippen LogP contribution in [0.3, 0.4) is 0 Å². The van der Waals surface area contributed by atoms with Crippen LogP contribution in [0.5, 0.6) is 0 Å². The van der Waals surface area contributed by atoms with Gasteiger partial charge in [0.2, 0.25) is 0 Å². The Labute approximate surface area is 76.5 Å². The van der Waals surface area contributed by atoms with E-state index in [0.29, 0.717) is 6.54 Å². The van der Waals surface area contributed by atoms with Gasteiger partial charge < -0.3 is 15.0 Å². The smallest absolute Gasteiger partial charge is 0.328 e. The molecule has 5 heteroatoms. The molecule has 1 atom stereocenters. The average Bonchev–Trinajstić information content (AvgIpc) is 2.63. The van der Waals surface area contributed by atoms with Crippen LogP contribution in [0.1, 0.15) is 18.7 Å². The van der Waals surface area contributed by atoms with Gasteiger partial charge in [-0.2, -0.15) is 0 Å². The molecule has 0 aliphatic heterocycles. The van der Waals surface area contributed by atoms with E-state index >= 15 is 0 Å². The highest BCUT2D eigenvalue weighted by atomic mass is 16.5. The molecule has 0 amide bonds. The van der Waals surface area contributed by atoms with Crippen molar-refractivity contribution in [3.05, 3.63) is 18.2 Å². The van der Waals surface area contributed by atoms with Crippen molar-refractivity contribution in [2.24, 2.45) is 5.73 Å². The molecule has 0 saturated carbocycles. The van der Waals surface area contributed by atoms with Crippen LogP contribution in [0, 0.1) is 0 Å². The van der Waals surface area contributed by atoms with Crippen molar-refractivity contribution >= 4 is 5.97 Å². The molecular formula is C8H13N3O2. The normalized spacial score (nSPS) is 12.5. The fourth-order valence-corrected chi connectivity index (χ4v) is 0.989. The number of methoxy groups -OCH3 is 1. The van der Waals surface area contributed by atoms with Gasteiger partial charge in [-0.15, -0.1) is 0 Å². The SMILES string of the molecule is COC(=O)C(C)n1cnc(CN)c1. The third-order valence-electron chi connectivity index (χ3n) is 1.85. The number of ether oxygens (including phenoxy) is 1. The molecule has 5 nitrogen and oxygen atoms in total. The number of hydrogen-bond acceptors (Lipinski definition) is 4. The number of hydrogen-bond donors (Lipinski definition) is 1. The van der Waals surface area contributed by atoms with Gasteiger partial charge in [-0.05, 0) is 6.92 Å². The molecule has 0 spiro atoms. The summed E-state index contributed by atoms with van der Waals surface area (Å²) < 4.78 is 6.27. The second-order valence-corrected chi connectivity index (χ2v) is 2.72. The number of esters is 1. The van der Waals surface area contributed by atoms with Gasteiger partial charge in [0.25, 0.3) is 0 Å². The van der Waals surface area contributed by atoms with Crippen molar-refractivity contribution in [2.75, 3.05) is 7.11 Å². The summed E-state index contributed by atoms with van der Waals surface area (Å²) in [5.41, 5.74) is 6.14. The van der Waals surface area contributed by atoms with Crippen molar-refractivity contribution < 1.29 is 9.53 Å². The number of aromatic nitrogens is 2. The molecule has 0 radical (unpaired) electrons. The maximum atomic E-state index is 11.1. The van der Waals surface area contributed by atoms with Crippen molar-refractivity contribution in [2.45, 2.75) is 19.5 Å². The first-order valence-corrected chi connectivity index (χ1v) is 3.99. The molecule has 13 heavy (non-hydrogen) atoms. The summed E-state index contributed by atoms with van der Waals surface area (Å²) in [6.07, 6.45) is 3.31. The zero-order valence-electron chi connectivity index (χ0n) is 7.73. The first kappa shape index (κ1) is 9.73. The first-order valence-electron chi connectivity index (χ1n) is 3.99. The minimum Gasteiger partial charge on any atom is -0.467 e. The first-order chi connectivity index (χ1) is 6.19. The van der Waals surface area contributed by atoms with Gasteiger partial charge >= 0.3 is 5.97 Å². The Hall–Kier alpha value is -1.36. The van der Waals surface area contributed by atoms with Crippen molar-refractivity contribution in [3.8, 4) is 0 Å². The molecule has 2 N–H and O–H groups in total. The summed E-state index contributed by atoms with van der Waals surface area (Å²) in [6.45, 7) is 2.12. The summed E-state index contributed by atoms with van der Waals surface area (Å²) in [4.78, 5) is 15.1. The Balaban J connectivity index is 2.76. The van der Waals surface area contributed by atoms with E-state index in [9.17, 15) is 4.79 Å². The van der Waals surface area contributed by atoms with Crippen LogP contribution in [-0.4, -0.2) is 22.6 Å². The van der Waals surface area contributed by atoms with E-state index in [4.69, 9.17) is 5.73 Å². The van der Waals surface area contributed by atoms with Crippen molar-refractivity contribution in [1.29, 1.82) is 0 Å². The van der Waals surface area contributed by atoms with E-state index in [1.165, 1.54) is 7.11 Å². The van der Waals surface area contributed by atoms with Gasteiger partial charge in [0.05, 0.1) is 19.1 Å². The molecule has 72 valence electrons. The van der Waals surface area contributed by atoms with Crippen LogP contribution in [0.2, 0.25) is 0 Å². The van der Waals surface area contributed by atoms with Crippen LogP contribution >= 0.6 is 0 Å². The second kappa shape index (κ2) is 4.04. The Morgan fingerprint density at radius 3 is 3.00 bits per heavy atom.